The number of ether oxygens (including phenoxy) is 2. The molecule has 0 radical (unpaired) electrons. The zero-order valence-electron chi connectivity index (χ0n) is 16.2. The third-order valence-electron chi connectivity index (χ3n) is 4.12. The third-order valence-corrected chi connectivity index (χ3v) is 4.12. The molecule has 162 valence electrons. The molecular weight excluding hydrogens is 419 g/mol. The zero-order valence-corrected chi connectivity index (χ0v) is 16.2. The Morgan fingerprint density at radius 2 is 1.71 bits per heavy atom. The van der Waals surface area contributed by atoms with Gasteiger partial charge in [0.2, 0.25) is 11.6 Å². The van der Waals surface area contributed by atoms with Crippen molar-refractivity contribution in [2.45, 2.75) is 6.18 Å². The second kappa shape index (κ2) is 8.73. The number of nitro groups is 1. The van der Waals surface area contributed by atoms with Crippen LogP contribution in [0.3, 0.4) is 0 Å². The van der Waals surface area contributed by atoms with E-state index >= 15 is 0 Å². The maximum atomic E-state index is 13.0. The average Bonchev–Trinajstić information content (AvgIpc) is 2.73. The Labute approximate surface area is 174 Å². The first kappa shape index (κ1) is 21.6. The maximum Gasteiger partial charge on any atom is 0.416 e. The molecule has 31 heavy (non-hydrogen) atoms. The SMILES string of the molecule is COc1ccc(Nc2ncnc(Nc3cccc(C(F)(F)F)c3)c2[N+](=O)[O-])c(OC)c1. The second-order valence-corrected chi connectivity index (χ2v) is 6.07. The molecule has 0 saturated heterocycles. The van der Waals surface area contributed by atoms with Crippen LogP contribution in [0.5, 0.6) is 11.5 Å². The first-order valence-electron chi connectivity index (χ1n) is 8.65. The minimum absolute atomic E-state index is 0.0235. The van der Waals surface area contributed by atoms with Crippen LogP contribution in [0.2, 0.25) is 0 Å². The van der Waals surface area contributed by atoms with E-state index in [9.17, 15) is 23.3 Å². The highest BCUT2D eigenvalue weighted by atomic mass is 19.4. The summed E-state index contributed by atoms with van der Waals surface area (Å²) in [5.74, 6) is 0.374. The Morgan fingerprint density at radius 1 is 1.00 bits per heavy atom. The molecule has 0 aliphatic heterocycles. The van der Waals surface area contributed by atoms with Gasteiger partial charge in [0.25, 0.3) is 0 Å². The summed E-state index contributed by atoms with van der Waals surface area (Å²) in [4.78, 5) is 18.7. The standard InChI is InChI=1S/C19H16F3N5O4/c1-30-13-6-7-14(15(9-13)31-2)26-18-16(27(28)29)17(23-10-24-18)25-12-5-3-4-11(8-12)19(20,21)22/h3-10H,1-2H3,(H2,23,24,25,26). The lowest BCUT2D eigenvalue weighted by atomic mass is 10.2. The van der Waals surface area contributed by atoms with E-state index in [4.69, 9.17) is 9.47 Å². The summed E-state index contributed by atoms with van der Waals surface area (Å²) < 4.78 is 49.2. The van der Waals surface area contributed by atoms with Gasteiger partial charge < -0.3 is 20.1 Å². The van der Waals surface area contributed by atoms with Crippen LogP contribution in [0.1, 0.15) is 5.56 Å². The fraction of sp³-hybridized carbons (Fsp3) is 0.158. The van der Waals surface area contributed by atoms with Crippen molar-refractivity contribution >= 4 is 28.7 Å². The van der Waals surface area contributed by atoms with Crippen LogP contribution >= 0.6 is 0 Å². The fourth-order valence-corrected chi connectivity index (χ4v) is 2.67. The highest BCUT2D eigenvalue weighted by molar-refractivity contribution is 5.78. The number of aromatic nitrogens is 2. The fourth-order valence-electron chi connectivity index (χ4n) is 2.67. The summed E-state index contributed by atoms with van der Waals surface area (Å²) in [5.41, 5.74) is -1.13. The summed E-state index contributed by atoms with van der Waals surface area (Å²) in [6, 6.07) is 8.98. The Bertz CT molecular complexity index is 1110. The van der Waals surface area contributed by atoms with Crippen LogP contribution in [0.4, 0.5) is 41.9 Å². The maximum absolute atomic E-state index is 13.0. The first-order chi connectivity index (χ1) is 14.7. The average molecular weight is 435 g/mol. The molecule has 0 saturated carbocycles. The number of nitrogens with one attached hydrogen (secondary N) is 2. The summed E-state index contributed by atoms with van der Waals surface area (Å²) in [6.07, 6.45) is -3.52. The van der Waals surface area contributed by atoms with E-state index in [2.05, 4.69) is 20.6 Å². The number of alkyl halides is 3. The van der Waals surface area contributed by atoms with Gasteiger partial charge in [0, 0.05) is 11.8 Å². The smallest absolute Gasteiger partial charge is 0.416 e. The molecule has 12 heteroatoms. The molecule has 2 aromatic carbocycles. The number of methoxy groups -OCH3 is 2. The van der Waals surface area contributed by atoms with E-state index in [-0.39, 0.29) is 17.3 Å². The van der Waals surface area contributed by atoms with Crippen molar-refractivity contribution in [2.75, 3.05) is 24.9 Å². The van der Waals surface area contributed by atoms with Crippen LogP contribution < -0.4 is 20.1 Å². The quantitative estimate of drug-likeness (QED) is 0.398. The molecule has 3 aromatic rings. The lowest BCUT2D eigenvalue weighted by Gasteiger charge is -2.14. The number of halogens is 3. The number of rotatable bonds is 7. The van der Waals surface area contributed by atoms with Gasteiger partial charge in [-0.15, -0.1) is 0 Å². The highest BCUT2D eigenvalue weighted by Gasteiger charge is 2.31. The summed E-state index contributed by atoms with van der Waals surface area (Å²) in [5, 5.41) is 17.1. The molecule has 0 spiro atoms. The van der Waals surface area contributed by atoms with E-state index in [1.807, 2.05) is 0 Å². The molecule has 0 aliphatic rings. The molecule has 0 atom stereocenters. The minimum atomic E-state index is -4.56. The van der Waals surface area contributed by atoms with Crippen LogP contribution in [0.15, 0.2) is 48.8 Å². The van der Waals surface area contributed by atoms with Crippen LogP contribution in [-0.2, 0) is 6.18 Å². The van der Waals surface area contributed by atoms with Crippen molar-refractivity contribution in [3.8, 4) is 11.5 Å². The van der Waals surface area contributed by atoms with Crippen molar-refractivity contribution in [3.05, 3.63) is 64.5 Å². The molecule has 0 bridgehead atoms. The summed E-state index contributed by atoms with van der Waals surface area (Å²) in [7, 11) is 2.89. The lowest BCUT2D eigenvalue weighted by Crippen LogP contribution is -2.08. The van der Waals surface area contributed by atoms with E-state index in [0.29, 0.717) is 17.2 Å². The van der Waals surface area contributed by atoms with Crippen molar-refractivity contribution in [1.82, 2.24) is 9.97 Å². The van der Waals surface area contributed by atoms with Crippen molar-refractivity contribution in [3.63, 3.8) is 0 Å². The predicted octanol–water partition coefficient (Wildman–Crippen LogP) is 4.91. The number of nitrogens with zero attached hydrogens (tertiary/aromatic N) is 3. The van der Waals surface area contributed by atoms with Crippen LogP contribution in [-0.4, -0.2) is 29.1 Å². The van der Waals surface area contributed by atoms with Gasteiger partial charge in [-0.05, 0) is 30.3 Å². The van der Waals surface area contributed by atoms with Gasteiger partial charge in [0.1, 0.15) is 17.8 Å². The highest BCUT2D eigenvalue weighted by Crippen LogP contribution is 2.37. The Morgan fingerprint density at radius 3 is 2.32 bits per heavy atom. The van der Waals surface area contributed by atoms with Crippen LogP contribution in [0, 0.1) is 10.1 Å². The zero-order chi connectivity index (χ0) is 22.6. The Kier molecular flexibility index (Phi) is 6.09. The van der Waals surface area contributed by atoms with Gasteiger partial charge in [0.15, 0.2) is 0 Å². The number of hydrogen-bond donors (Lipinski definition) is 2. The van der Waals surface area contributed by atoms with E-state index in [1.54, 1.807) is 18.2 Å². The van der Waals surface area contributed by atoms with Crippen molar-refractivity contribution < 1.29 is 27.6 Å². The van der Waals surface area contributed by atoms with Gasteiger partial charge in [-0.1, -0.05) is 6.07 Å². The van der Waals surface area contributed by atoms with Gasteiger partial charge in [-0.2, -0.15) is 13.2 Å². The molecule has 0 aliphatic carbocycles. The monoisotopic (exact) mass is 435 g/mol. The molecular formula is C19H16F3N5O4. The number of hydrogen-bond acceptors (Lipinski definition) is 8. The molecule has 9 nitrogen and oxygen atoms in total. The number of anilines is 4. The van der Waals surface area contributed by atoms with Crippen molar-refractivity contribution in [1.29, 1.82) is 0 Å². The van der Waals surface area contributed by atoms with E-state index in [1.165, 1.54) is 26.4 Å². The summed E-state index contributed by atoms with van der Waals surface area (Å²) >= 11 is 0. The Hall–Kier alpha value is -4.09. The molecule has 0 fully saturated rings. The Balaban J connectivity index is 1.99. The first-order valence-corrected chi connectivity index (χ1v) is 8.65. The molecule has 3 rings (SSSR count). The topological polar surface area (TPSA) is 111 Å². The van der Waals surface area contributed by atoms with Gasteiger partial charge in [-0.25, -0.2) is 9.97 Å². The van der Waals surface area contributed by atoms with Gasteiger partial charge in [-0.3, -0.25) is 10.1 Å². The molecule has 0 unspecified atom stereocenters. The minimum Gasteiger partial charge on any atom is -0.497 e. The molecule has 2 N–H and O–H groups in total. The lowest BCUT2D eigenvalue weighted by molar-refractivity contribution is -0.383. The molecule has 0 amide bonds. The largest absolute Gasteiger partial charge is 0.497 e. The van der Waals surface area contributed by atoms with Crippen molar-refractivity contribution in [2.24, 2.45) is 0 Å². The molecule has 1 heterocycles. The molecule has 1 aromatic heterocycles. The normalized spacial score (nSPS) is 11.0. The third kappa shape index (κ3) is 4.91. The summed E-state index contributed by atoms with van der Waals surface area (Å²) in [6.45, 7) is 0. The second-order valence-electron chi connectivity index (χ2n) is 6.07. The van der Waals surface area contributed by atoms with E-state index < -0.39 is 22.4 Å². The van der Waals surface area contributed by atoms with E-state index in [0.717, 1.165) is 18.5 Å². The van der Waals surface area contributed by atoms with Gasteiger partial charge >= 0.3 is 11.9 Å². The predicted molar refractivity (Wildman–Crippen MR) is 106 cm³/mol. The van der Waals surface area contributed by atoms with Crippen LogP contribution in [0.25, 0.3) is 0 Å². The number of benzene rings is 2. The van der Waals surface area contributed by atoms with Gasteiger partial charge in [0.05, 0.1) is 30.4 Å².